The molecule has 1 aromatic heterocycles. The predicted molar refractivity (Wildman–Crippen MR) is 90.1 cm³/mol. The first-order valence-corrected chi connectivity index (χ1v) is 8.83. The topological polar surface area (TPSA) is 72.7 Å². The number of aromatic nitrogens is 4. The van der Waals surface area contributed by atoms with Crippen LogP contribution in [0.5, 0.6) is 0 Å². The molecule has 2 fully saturated rings. The van der Waals surface area contributed by atoms with Gasteiger partial charge in [-0.25, -0.2) is 0 Å². The number of fused-ring (bicyclic) bond motifs is 1. The highest BCUT2D eigenvalue weighted by molar-refractivity contribution is 5.94. The number of aryl methyl sites for hydroxylation is 1. The normalized spacial score (nSPS) is 25.6. The summed E-state index contributed by atoms with van der Waals surface area (Å²) in [6.07, 6.45) is 6.74. The zero-order valence-corrected chi connectivity index (χ0v) is 14.0. The largest absolute Gasteiger partial charge is 0.352 e. The molecule has 1 aromatic carbocycles. The monoisotopic (exact) mass is 325 g/mol. The molecule has 0 radical (unpaired) electrons. The quantitative estimate of drug-likeness (QED) is 0.937. The molecule has 0 spiro atoms. The average Bonchev–Trinajstić information content (AvgIpc) is 3.30. The van der Waals surface area contributed by atoms with Crippen molar-refractivity contribution >= 4 is 5.91 Å². The van der Waals surface area contributed by atoms with Crippen LogP contribution in [0.4, 0.5) is 0 Å². The number of hydrogen-bond donors (Lipinski definition) is 1. The third-order valence-corrected chi connectivity index (χ3v) is 5.67. The molecule has 2 aromatic rings. The van der Waals surface area contributed by atoms with Crippen molar-refractivity contribution < 1.29 is 4.79 Å². The van der Waals surface area contributed by atoms with E-state index in [9.17, 15) is 4.79 Å². The van der Waals surface area contributed by atoms with Crippen LogP contribution in [-0.4, -0.2) is 32.7 Å². The van der Waals surface area contributed by atoms with Gasteiger partial charge in [-0.3, -0.25) is 4.79 Å². The van der Waals surface area contributed by atoms with E-state index in [1.54, 1.807) is 7.05 Å². The number of hydrogen-bond acceptors (Lipinski definition) is 4. The molecule has 2 aliphatic carbocycles. The van der Waals surface area contributed by atoms with E-state index in [0.717, 1.165) is 23.9 Å². The molecule has 0 unspecified atom stereocenters. The molecule has 1 N–H and O–H groups in total. The minimum absolute atomic E-state index is 0.00935. The number of carbonyl (C=O) groups is 1. The van der Waals surface area contributed by atoms with Crippen LogP contribution in [0.15, 0.2) is 24.3 Å². The summed E-state index contributed by atoms with van der Waals surface area (Å²) < 4.78 is 0. The van der Waals surface area contributed by atoms with Crippen molar-refractivity contribution in [2.45, 2.75) is 32.1 Å². The van der Waals surface area contributed by atoms with E-state index in [1.165, 1.54) is 36.9 Å². The minimum atomic E-state index is 0.00935. The Bertz CT molecular complexity index is 723. The van der Waals surface area contributed by atoms with Crippen molar-refractivity contribution in [1.82, 2.24) is 25.5 Å². The number of amides is 1. The fourth-order valence-corrected chi connectivity index (χ4v) is 4.44. The fraction of sp³-hybridized carbons (Fsp3) is 0.556. The number of carbonyl (C=O) groups excluding carboxylic acids is 1. The van der Waals surface area contributed by atoms with Gasteiger partial charge in [0.1, 0.15) is 0 Å². The highest BCUT2D eigenvalue weighted by Gasteiger charge is 2.38. The molecule has 126 valence electrons. The summed E-state index contributed by atoms with van der Waals surface area (Å²) in [5.74, 6) is 3.02. The van der Waals surface area contributed by atoms with E-state index >= 15 is 0 Å². The van der Waals surface area contributed by atoms with Gasteiger partial charge in [0.25, 0.3) is 5.91 Å². The van der Waals surface area contributed by atoms with Crippen molar-refractivity contribution in [3.05, 3.63) is 29.8 Å². The van der Waals surface area contributed by atoms with Gasteiger partial charge in [-0.1, -0.05) is 25.0 Å². The Kier molecular flexibility index (Phi) is 4.04. The van der Waals surface area contributed by atoms with Crippen LogP contribution in [0.3, 0.4) is 0 Å². The molecule has 0 aliphatic heterocycles. The predicted octanol–water partition coefficient (Wildman–Crippen LogP) is 2.43. The lowest BCUT2D eigenvalue weighted by Gasteiger charge is -2.19. The maximum absolute atomic E-state index is 12.4. The van der Waals surface area contributed by atoms with E-state index in [4.69, 9.17) is 0 Å². The molecule has 3 atom stereocenters. The first-order valence-electron chi connectivity index (χ1n) is 8.83. The maximum Gasteiger partial charge on any atom is 0.251 e. The Morgan fingerprint density at radius 3 is 2.79 bits per heavy atom. The highest BCUT2D eigenvalue weighted by atomic mass is 16.1. The molecule has 6 heteroatoms. The SMILES string of the molecule is Cn1nnc(-c2ccc(C(=O)NC[C@H]3CC[C@@H]4CCC[C@@H]43)cc2)n1. The van der Waals surface area contributed by atoms with Crippen molar-refractivity contribution in [2.75, 3.05) is 6.54 Å². The summed E-state index contributed by atoms with van der Waals surface area (Å²) in [5.41, 5.74) is 1.55. The number of rotatable bonds is 4. The van der Waals surface area contributed by atoms with Crippen molar-refractivity contribution in [3.63, 3.8) is 0 Å². The molecule has 24 heavy (non-hydrogen) atoms. The highest BCUT2D eigenvalue weighted by Crippen LogP contribution is 2.47. The summed E-state index contributed by atoms with van der Waals surface area (Å²) in [6, 6.07) is 7.39. The smallest absolute Gasteiger partial charge is 0.251 e. The van der Waals surface area contributed by atoms with E-state index in [2.05, 4.69) is 20.7 Å². The van der Waals surface area contributed by atoms with Crippen LogP contribution in [0.2, 0.25) is 0 Å². The van der Waals surface area contributed by atoms with Crippen LogP contribution in [-0.2, 0) is 7.05 Å². The number of tetrazole rings is 1. The minimum Gasteiger partial charge on any atom is -0.352 e. The lowest BCUT2D eigenvalue weighted by Crippen LogP contribution is -2.31. The second-order valence-electron chi connectivity index (χ2n) is 7.08. The molecule has 4 rings (SSSR count). The Balaban J connectivity index is 1.36. The standard InChI is InChI=1S/C18H23N5O/c1-23-21-17(20-22-23)13-6-8-14(9-7-13)18(24)19-11-15-10-5-12-3-2-4-16(12)15/h6-9,12,15-16H,2-5,10-11H2,1H3,(H,19,24)/t12-,15+,16-/m0/s1. The Hall–Kier alpha value is -2.24. The second-order valence-corrected chi connectivity index (χ2v) is 7.08. The molecule has 1 heterocycles. The molecule has 2 saturated carbocycles. The number of nitrogens with zero attached hydrogens (tertiary/aromatic N) is 4. The zero-order valence-electron chi connectivity index (χ0n) is 14.0. The van der Waals surface area contributed by atoms with Crippen LogP contribution in [0.25, 0.3) is 11.4 Å². The van der Waals surface area contributed by atoms with Gasteiger partial charge >= 0.3 is 0 Å². The van der Waals surface area contributed by atoms with Gasteiger partial charge in [0.15, 0.2) is 0 Å². The lowest BCUT2D eigenvalue weighted by molar-refractivity contribution is 0.0943. The van der Waals surface area contributed by atoms with Gasteiger partial charge in [0.05, 0.1) is 7.05 Å². The van der Waals surface area contributed by atoms with Crippen LogP contribution in [0, 0.1) is 17.8 Å². The average molecular weight is 325 g/mol. The van der Waals surface area contributed by atoms with Crippen LogP contribution in [0.1, 0.15) is 42.5 Å². The summed E-state index contributed by atoms with van der Waals surface area (Å²) in [6.45, 7) is 0.813. The molecular weight excluding hydrogens is 302 g/mol. The summed E-state index contributed by atoms with van der Waals surface area (Å²) in [7, 11) is 1.73. The Morgan fingerprint density at radius 2 is 2.04 bits per heavy atom. The lowest BCUT2D eigenvalue weighted by atomic mass is 9.92. The van der Waals surface area contributed by atoms with Gasteiger partial charge in [-0.2, -0.15) is 4.80 Å². The molecule has 6 nitrogen and oxygen atoms in total. The summed E-state index contributed by atoms with van der Waals surface area (Å²) >= 11 is 0. The first-order chi connectivity index (χ1) is 11.7. The maximum atomic E-state index is 12.4. The zero-order chi connectivity index (χ0) is 16.5. The Labute approximate surface area is 141 Å². The van der Waals surface area contributed by atoms with Crippen molar-refractivity contribution in [3.8, 4) is 11.4 Å². The fourth-order valence-electron chi connectivity index (χ4n) is 4.44. The van der Waals surface area contributed by atoms with Crippen LogP contribution < -0.4 is 5.32 Å². The van der Waals surface area contributed by atoms with Gasteiger partial charge in [0.2, 0.25) is 5.82 Å². The Morgan fingerprint density at radius 1 is 1.21 bits per heavy atom. The van der Waals surface area contributed by atoms with E-state index < -0.39 is 0 Å². The third kappa shape index (κ3) is 2.92. The van der Waals surface area contributed by atoms with E-state index in [1.807, 2.05) is 24.3 Å². The van der Waals surface area contributed by atoms with E-state index in [-0.39, 0.29) is 5.91 Å². The number of nitrogens with one attached hydrogen (secondary N) is 1. The van der Waals surface area contributed by atoms with Crippen LogP contribution >= 0.6 is 0 Å². The van der Waals surface area contributed by atoms with Gasteiger partial charge in [0, 0.05) is 17.7 Å². The first kappa shape index (κ1) is 15.3. The van der Waals surface area contributed by atoms with E-state index in [0.29, 0.717) is 17.3 Å². The molecule has 0 saturated heterocycles. The summed E-state index contributed by atoms with van der Waals surface area (Å²) in [4.78, 5) is 13.8. The second kappa shape index (κ2) is 6.34. The molecule has 1 amide bonds. The molecule has 0 bridgehead atoms. The number of benzene rings is 1. The summed E-state index contributed by atoms with van der Waals surface area (Å²) in [5, 5.41) is 15.1. The van der Waals surface area contributed by atoms with Crippen molar-refractivity contribution in [2.24, 2.45) is 24.8 Å². The van der Waals surface area contributed by atoms with Gasteiger partial charge in [-0.15, -0.1) is 10.2 Å². The third-order valence-electron chi connectivity index (χ3n) is 5.67. The molecular formula is C18H23N5O. The van der Waals surface area contributed by atoms with Crippen molar-refractivity contribution in [1.29, 1.82) is 0 Å². The molecule has 2 aliphatic rings. The van der Waals surface area contributed by atoms with Gasteiger partial charge < -0.3 is 5.32 Å². The van der Waals surface area contributed by atoms with Gasteiger partial charge in [-0.05, 0) is 54.4 Å².